The Kier molecular flexibility index (Phi) is 5.43. The van der Waals surface area contributed by atoms with Crippen molar-refractivity contribution < 1.29 is 12.4 Å². The quantitative estimate of drug-likeness (QED) is 0.546. The van der Waals surface area contributed by atoms with Crippen molar-refractivity contribution in [1.29, 1.82) is 0 Å². The van der Waals surface area contributed by atoms with Gasteiger partial charge in [-0.1, -0.05) is 0 Å². The molecule has 0 saturated carbocycles. The first-order valence-corrected chi connectivity index (χ1v) is 8.91. The molecule has 3 aromatic rings. The third-order valence-corrected chi connectivity index (χ3v) is 7.62. The van der Waals surface area contributed by atoms with E-state index in [1.807, 2.05) is 0 Å². The SMILES string of the molecule is [Cl-].c1ccc([Se+](c2ccccc2)c2ccccc2)cc1. The third-order valence-electron chi connectivity index (χ3n) is 2.94. The fraction of sp³-hybridized carbons (Fsp3) is 0. The molecular formula is C18H15ClSe. The first kappa shape index (κ1) is 14.9. The molecule has 0 aromatic heterocycles. The van der Waals surface area contributed by atoms with E-state index < -0.39 is 13.9 Å². The molecule has 0 fully saturated rings. The molecule has 0 aliphatic rings. The van der Waals surface area contributed by atoms with E-state index in [0.29, 0.717) is 0 Å². The number of hydrogen-bond acceptors (Lipinski definition) is 0. The van der Waals surface area contributed by atoms with Crippen molar-refractivity contribution in [2.24, 2.45) is 0 Å². The summed E-state index contributed by atoms with van der Waals surface area (Å²) in [6.45, 7) is 0. The van der Waals surface area contributed by atoms with Gasteiger partial charge in [-0.2, -0.15) is 0 Å². The molecule has 0 spiro atoms. The van der Waals surface area contributed by atoms with Gasteiger partial charge in [-0.15, -0.1) is 0 Å². The van der Waals surface area contributed by atoms with E-state index in [-0.39, 0.29) is 12.4 Å². The van der Waals surface area contributed by atoms with E-state index in [9.17, 15) is 0 Å². The molecule has 100 valence electrons. The normalized spacial score (nSPS) is 10.1. The van der Waals surface area contributed by atoms with Crippen LogP contribution in [0.1, 0.15) is 0 Å². The summed E-state index contributed by atoms with van der Waals surface area (Å²) in [5.41, 5.74) is 0. The first-order chi connectivity index (χ1) is 9.45. The standard InChI is InChI=1S/C18H15Se.ClH/c1-4-10-16(11-5-1)19(17-12-6-2-7-13-17)18-14-8-3-9-15-18;/h1-15H;1H/q+1;/p-1. The van der Waals surface area contributed by atoms with Crippen LogP contribution in [-0.2, 0) is 0 Å². The van der Waals surface area contributed by atoms with Crippen LogP contribution in [-0.4, -0.2) is 13.9 Å². The van der Waals surface area contributed by atoms with Crippen LogP contribution in [0.15, 0.2) is 91.0 Å². The summed E-state index contributed by atoms with van der Waals surface area (Å²) < 4.78 is 4.37. The Bertz CT molecular complexity index is 529. The topological polar surface area (TPSA) is 0 Å². The minimum atomic E-state index is -1.15. The van der Waals surface area contributed by atoms with Gasteiger partial charge in [0.25, 0.3) is 0 Å². The number of benzene rings is 3. The Morgan fingerprint density at radius 2 is 0.650 bits per heavy atom. The van der Waals surface area contributed by atoms with Gasteiger partial charge in [-0.3, -0.25) is 0 Å². The predicted octanol–water partition coefficient (Wildman–Crippen LogP) is -0.793. The van der Waals surface area contributed by atoms with Gasteiger partial charge in [0.1, 0.15) is 0 Å². The van der Waals surface area contributed by atoms with Crippen molar-refractivity contribution in [3.05, 3.63) is 91.0 Å². The van der Waals surface area contributed by atoms with E-state index in [4.69, 9.17) is 0 Å². The number of halogens is 1. The van der Waals surface area contributed by atoms with E-state index in [2.05, 4.69) is 91.0 Å². The molecule has 0 saturated heterocycles. The monoisotopic (exact) mass is 346 g/mol. The second-order valence-corrected chi connectivity index (χ2v) is 8.50. The average Bonchev–Trinajstić information content (AvgIpc) is 2.51. The zero-order valence-electron chi connectivity index (χ0n) is 10.9. The predicted molar refractivity (Wildman–Crippen MR) is 84.0 cm³/mol. The van der Waals surface area contributed by atoms with Gasteiger partial charge < -0.3 is 12.4 Å². The van der Waals surface area contributed by atoms with Crippen LogP contribution in [0.2, 0.25) is 0 Å². The summed E-state index contributed by atoms with van der Waals surface area (Å²) in [7, 11) is 0. The van der Waals surface area contributed by atoms with Crippen molar-refractivity contribution >= 4 is 27.3 Å². The van der Waals surface area contributed by atoms with Crippen molar-refractivity contribution in [3.8, 4) is 0 Å². The van der Waals surface area contributed by atoms with Gasteiger partial charge in [-0.05, 0) is 0 Å². The van der Waals surface area contributed by atoms with Gasteiger partial charge in [0.2, 0.25) is 0 Å². The molecule has 0 atom stereocenters. The van der Waals surface area contributed by atoms with Gasteiger partial charge in [0.15, 0.2) is 0 Å². The van der Waals surface area contributed by atoms with Crippen LogP contribution in [0.4, 0.5) is 0 Å². The molecular weight excluding hydrogens is 331 g/mol. The molecule has 0 amide bonds. The molecule has 0 heterocycles. The van der Waals surface area contributed by atoms with Crippen molar-refractivity contribution in [2.45, 2.75) is 0 Å². The van der Waals surface area contributed by atoms with Crippen LogP contribution in [0.5, 0.6) is 0 Å². The number of hydrogen-bond donors (Lipinski definition) is 0. The molecule has 0 N–H and O–H groups in total. The van der Waals surface area contributed by atoms with E-state index >= 15 is 0 Å². The van der Waals surface area contributed by atoms with Crippen molar-refractivity contribution in [3.63, 3.8) is 0 Å². The molecule has 3 rings (SSSR count). The molecule has 0 aliphatic carbocycles. The van der Waals surface area contributed by atoms with Gasteiger partial charge >= 0.3 is 118 Å². The average molecular weight is 346 g/mol. The second kappa shape index (κ2) is 7.30. The molecule has 3 aromatic carbocycles. The Labute approximate surface area is 130 Å². The second-order valence-electron chi connectivity index (χ2n) is 4.25. The zero-order chi connectivity index (χ0) is 12.9. The van der Waals surface area contributed by atoms with Crippen LogP contribution < -0.4 is 25.8 Å². The Morgan fingerprint density at radius 3 is 0.900 bits per heavy atom. The van der Waals surface area contributed by atoms with Gasteiger partial charge in [0.05, 0.1) is 0 Å². The first-order valence-electron chi connectivity index (χ1n) is 6.34. The molecule has 0 unspecified atom stereocenters. The Morgan fingerprint density at radius 1 is 0.400 bits per heavy atom. The molecule has 0 aliphatic heterocycles. The summed E-state index contributed by atoms with van der Waals surface area (Å²) in [6.07, 6.45) is 0. The zero-order valence-corrected chi connectivity index (χ0v) is 13.4. The molecule has 2 heteroatoms. The Hall–Kier alpha value is -1.53. The van der Waals surface area contributed by atoms with Gasteiger partial charge in [-0.25, -0.2) is 0 Å². The molecule has 0 radical (unpaired) electrons. The fourth-order valence-corrected chi connectivity index (χ4v) is 6.49. The number of rotatable bonds is 3. The van der Waals surface area contributed by atoms with Crippen LogP contribution in [0, 0.1) is 0 Å². The summed E-state index contributed by atoms with van der Waals surface area (Å²) in [5.74, 6) is 0. The molecule has 0 bridgehead atoms. The van der Waals surface area contributed by atoms with Crippen molar-refractivity contribution in [2.75, 3.05) is 0 Å². The maximum atomic E-state index is 2.25. The maximum absolute atomic E-state index is 2.25. The van der Waals surface area contributed by atoms with Crippen LogP contribution in [0.25, 0.3) is 0 Å². The van der Waals surface area contributed by atoms with Gasteiger partial charge in [0, 0.05) is 0 Å². The summed E-state index contributed by atoms with van der Waals surface area (Å²) in [6, 6.07) is 32.6. The summed E-state index contributed by atoms with van der Waals surface area (Å²) in [4.78, 5) is 0. The van der Waals surface area contributed by atoms with Crippen LogP contribution in [0.3, 0.4) is 0 Å². The molecule has 20 heavy (non-hydrogen) atoms. The van der Waals surface area contributed by atoms with Crippen LogP contribution >= 0.6 is 0 Å². The van der Waals surface area contributed by atoms with Crippen molar-refractivity contribution in [1.82, 2.24) is 0 Å². The molecule has 0 nitrogen and oxygen atoms in total. The minimum absolute atomic E-state index is 0. The summed E-state index contributed by atoms with van der Waals surface area (Å²) >= 11 is -1.15. The van der Waals surface area contributed by atoms with E-state index in [0.717, 1.165) is 0 Å². The fourth-order valence-electron chi connectivity index (χ4n) is 2.08. The third kappa shape index (κ3) is 3.32. The summed E-state index contributed by atoms with van der Waals surface area (Å²) in [5, 5.41) is 0. The Balaban J connectivity index is 0.00000147. The van der Waals surface area contributed by atoms with E-state index in [1.54, 1.807) is 0 Å². The van der Waals surface area contributed by atoms with E-state index in [1.165, 1.54) is 13.4 Å².